The number of hydrogen-bond donors (Lipinski definition) is 3. The van der Waals surface area contributed by atoms with Gasteiger partial charge in [0.25, 0.3) is 0 Å². The van der Waals surface area contributed by atoms with E-state index in [1.165, 1.54) is 25.7 Å². The molecule has 2 aliphatic carbocycles. The van der Waals surface area contributed by atoms with Crippen LogP contribution in [0.4, 0.5) is 0 Å². The molecule has 5 unspecified atom stereocenters. The summed E-state index contributed by atoms with van der Waals surface area (Å²) < 4.78 is 8.48. The van der Waals surface area contributed by atoms with Crippen molar-refractivity contribution in [2.75, 3.05) is 39.3 Å². The van der Waals surface area contributed by atoms with E-state index in [1.807, 2.05) is 13.8 Å². The quantitative estimate of drug-likeness (QED) is 0.377. The molecular weight excluding hydrogens is 448 g/mol. The highest BCUT2D eigenvalue weighted by Gasteiger charge is 2.49. The average molecular weight is 501 g/mol. The summed E-state index contributed by atoms with van der Waals surface area (Å²) in [6, 6.07) is 0.363. The molecule has 2 aliphatic heterocycles. The molecule has 7 nitrogen and oxygen atoms in total. The van der Waals surface area contributed by atoms with Gasteiger partial charge in [-0.1, -0.05) is 54.4 Å². The lowest BCUT2D eigenvalue weighted by Gasteiger charge is -2.43. The lowest BCUT2D eigenvalue weighted by atomic mass is 9.67. The van der Waals surface area contributed by atoms with Crippen LogP contribution in [0.3, 0.4) is 0 Å². The first-order valence-electron chi connectivity index (χ1n) is 13.6. The molecule has 4 rings (SSSR count). The monoisotopic (exact) mass is 500 g/mol. The normalized spacial score (nSPS) is 35.9. The van der Waals surface area contributed by atoms with Crippen LogP contribution in [0.15, 0.2) is 0 Å². The topological polar surface area (TPSA) is 91.1 Å². The maximum Gasteiger partial charge on any atom is 0.234 e. The van der Waals surface area contributed by atoms with E-state index in [1.54, 1.807) is 12.2 Å². The van der Waals surface area contributed by atoms with Gasteiger partial charge in [-0.25, -0.2) is 4.31 Å². The highest BCUT2D eigenvalue weighted by molar-refractivity contribution is 7.92. The minimum absolute atomic E-state index is 0.0278. The van der Waals surface area contributed by atoms with Gasteiger partial charge in [0.15, 0.2) is 0 Å². The highest BCUT2D eigenvalue weighted by Crippen LogP contribution is 2.56. The van der Waals surface area contributed by atoms with E-state index < -0.39 is 0 Å². The Morgan fingerprint density at radius 2 is 1.71 bits per heavy atom. The summed E-state index contributed by atoms with van der Waals surface area (Å²) >= 11 is 1.58. The summed E-state index contributed by atoms with van der Waals surface area (Å²) in [5.74, 6) is 0.544. The second kappa shape index (κ2) is 13.8. The Balaban J connectivity index is 0.000000384. The zero-order valence-electron chi connectivity index (χ0n) is 22.6. The maximum absolute atomic E-state index is 10.3. The second-order valence-corrected chi connectivity index (χ2v) is 12.0. The predicted octanol–water partition coefficient (Wildman–Crippen LogP) is 3.81. The third-order valence-corrected chi connectivity index (χ3v) is 9.85. The SMILES string of the molecule is CC.CC1CCC(C)(COSN2CCN(C3CCCCC3O)CC2)C1(C)C.NC(=O)C1CCN1. The van der Waals surface area contributed by atoms with Gasteiger partial charge in [0.05, 0.1) is 31.0 Å². The largest absolute Gasteiger partial charge is 0.391 e. The summed E-state index contributed by atoms with van der Waals surface area (Å²) in [5, 5.41) is 13.1. The van der Waals surface area contributed by atoms with E-state index in [0.717, 1.165) is 64.5 Å². The van der Waals surface area contributed by atoms with Crippen molar-refractivity contribution in [3.63, 3.8) is 0 Å². The van der Waals surface area contributed by atoms with Crippen molar-refractivity contribution < 1.29 is 14.1 Å². The molecule has 2 heterocycles. The van der Waals surface area contributed by atoms with Crippen LogP contribution in [-0.2, 0) is 8.98 Å². The summed E-state index contributed by atoms with van der Waals surface area (Å²) in [5.41, 5.74) is 5.53. The predicted molar refractivity (Wildman–Crippen MR) is 142 cm³/mol. The number of aliphatic hydroxyl groups is 1. The van der Waals surface area contributed by atoms with Gasteiger partial charge in [-0.2, -0.15) is 0 Å². The number of aliphatic hydroxyl groups excluding tert-OH is 1. The Bertz CT molecular complexity index is 611. The molecule has 4 aliphatic rings. The molecule has 2 saturated carbocycles. The maximum atomic E-state index is 10.3. The lowest BCUT2D eigenvalue weighted by molar-refractivity contribution is -0.121. The number of nitrogens with zero attached hydrogens (tertiary/aromatic N) is 2. The van der Waals surface area contributed by atoms with Crippen LogP contribution < -0.4 is 11.1 Å². The molecule has 34 heavy (non-hydrogen) atoms. The van der Waals surface area contributed by atoms with Gasteiger partial charge in [0, 0.05) is 32.2 Å². The number of carbonyl (C=O) groups is 1. The molecule has 0 spiro atoms. The van der Waals surface area contributed by atoms with Crippen LogP contribution in [0.2, 0.25) is 0 Å². The molecule has 0 aromatic rings. The summed E-state index contributed by atoms with van der Waals surface area (Å²) in [6.07, 6.45) is 7.99. The first-order chi connectivity index (χ1) is 16.1. The molecule has 200 valence electrons. The second-order valence-electron chi connectivity index (χ2n) is 11.1. The molecule has 0 aromatic carbocycles. The smallest absolute Gasteiger partial charge is 0.234 e. The standard InChI is InChI=1S/C20H38N2O2S.C4H8N2O.C2H6/c1-16-9-10-20(4,19(16,2)3)15-24-25-22-13-11-21(12-14-22)17-7-5-6-8-18(17)23;5-4(7)3-1-2-6-3;1-2/h16-18,23H,5-15H2,1-4H3;3,6H,1-2H2,(H2,5,7);1-2H3. The fourth-order valence-corrected chi connectivity index (χ4v) is 6.24. The molecule has 0 radical (unpaired) electrons. The van der Waals surface area contributed by atoms with Crippen molar-refractivity contribution in [2.45, 2.75) is 105 Å². The third kappa shape index (κ3) is 7.56. The first kappa shape index (κ1) is 29.8. The third-order valence-electron chi connectivity index (χ3n) is 9.06. The number of nitrogens with one attached hydrogen (secondary N) is 1. The summed E-state index contributed by atoms with van der Waals surface area (Å²) in [4.78, 5) is 12.6. The van der Waals surface area contributed by atoms with Crippen molar-refractivity contribution >= 4 is 18.1 Å². The van der Waals surface area contributed by atoms with Crippen molar-refractivity contribution in [1.82, 2.24) is 14.5 Å². The van der Waals surface area contributed by atoms with Gasteiger partial charge in [-0.05, 0) is 55.4 Å². The average Bonchev–Trinajstić information content (AvgIpc) is 2.98. The zero-order valence-corrected chi connectivity index (χ0v) is 23.5. The molecule has 0 bridgehead atoms. The van der Waals surface area contributed by atoms with E-state index >= 15 is 0 Å². The van der Waals surface area contributed by atoms with E-state index in [4.69, 9.17) is 9.92 Å². The number of primary amides is 1. The van der Waals surface area contributed by atoms with Crippen molar-refractivity contribution in [1.29, 1.82) is 0 Å². The first-order valence-corrected chi connectivity index (χ1v) is 14.3. The van der Waals surface area contributed by atoms with Gasteiger partial charge in [0.1, 0.15) is 0 Å². The Morgan fingerprint density at radius 1 is 1.09 bits per heavy atom. The number of rotatable bonds is 6. The fourth-order valence-electron chi connectivity index (χ4n) is 5.46. The summed E-state index contributed by atoms with van der Waals surface area (Å²) in [7, 11) is 0. The Hall–Kier alpha value is -0.380. The number of carbonyl (C=O) groups excluding carboxylic acids is 1. The van der Waals surface area contributed by atoms with E-state index in [0.29, 0.717) is 11.5 Å². The molecular formula is C26H52N4O3S. The van der Waals surface area contributed by atoms with Gasteiger partial charge >= 0.3 is 0 Å². The molecule has 5 atom stereocenters. The number of hydrogen-bond acceptors (Lipinski definition) is 7. The molecule has 8 heteroatoms. The molecule has 4 N–H and O–H groups in total. The molecule has 0 aromatic heterocycles. The summed E-state index contributed by atoms with van der Waals surface area (Å²) in [6.45, 7) is 19.6. The Labute approximate surface area is 213 Å². The fraction of sp³-hybridized carbons (Fsp3) is 0.962. The lowest BCUT2D eigenvalue weighted by Crippen LogP contribution is -2.53. The highest BCUT2D eigenvalue weighted by atomic mass is 32.2. The van der Waals surface area contributed by atoms with Crippen molar-refractivity contribution in [2.24, 2.45) is 22.5 Å². The minimum atomic E-state index is -0.230. The molecule has 1 amide bonds. The van der Waals surface area contributed by atoms with Gasteiger partial charge < -0.3 is 20.3 Å². The van der Waals surface area contributed by atoms with E-state index in [9.17, 15) is 9.90 Å². The number of nitrogens with two attached hydrogens (primary N) is 1. The molecule has 4 fully saturated rings. The van der Waals surface area contributed by atoms with Crippen molar-refractivity contribution in [3.05, 3.63) is 0 Å². The van der Waals surface area contributed by atoms with Gasteiger partial charge in [0.2, 0.25) is 5.91 Å². The van der Waals surface area contributed by atoms with E-state index in [2.05, 4.69) is 42.2 Å². The minimum Gasteiger partial charge on any atom is -0.391 e. The van der Waals surface area contributed by atoms with Crippen molar-refractivity contribution in [3.8, 4) is 0 Å². The Kier molecular flexibility index (Phi) is 12.1. The van der Waals surface area contributed by atoms with Crippen LogP contribution in [0.5, 0.6) is 0 Å². The van der Waals surface area contributed by atoms with Gasteiger partial charge in [-0.15, -0.1) is 0 Å². The number of amides is 1. The van der Waals surface area contributed by atoms with Crippen LogP contribution >= 0.6 is 12.2 Å². The van der Waals surface area contributed by atoms with Gasteiger partial charge in [-0.3, -0.25) is 9.69 Å². The van der Waals surface area contributed by atoms with Crippen LogP contribution in [-0.4, -0.2) is 77.7 Å². The van der Waals surface area contributed by atoms with E-state index in [-0.39, 0.29) is 23.5 Å². The Morgan fingerprint density at radius 3 is 2.15 bits per heavy atom. The number of piperazine rings is 1. The zero-order chi connectivity index (χ0) is 25.4. The van der Waals surface area contributed by atoms with Crippen LogP contribution in [0, 0.1) is 16.7 Å². The molecule has 2 saturated heterocycles. The van der Waals surface area contributed by atoms with Crippen LogP contribution in [0.25, 0.3) is 0 Å². The van der Waals surface area contributed by atoms with Crippen LogP contribution in [0.1, 0.15) is 86.5 Å².